The maximum Gasteiger partial charge on any atom is 0.343 e. The van der Waals surface area contributed by atoms with Crippen LogP contribution in [0.2, 0.25) is 0 Å². The summed E-state index contributed by atoms with van der Waals surface area (Å²) in [7, 11) is 0. The molecule has 3 rings (SSSR count). The Hall–Kier alpha value is -3.15. The lowest BCUT2D eigenvalue weighted by Gasteiger charge is -1.97. The monoisotopic (exact) mass is 325 g/mol. The summed E-state index contributed by atoms with van der Waals surface area (Å²) in [6.45, 7) is 2.01. The topological polar surface area (TPSA) is 82.6 Å². The van der Waals surface area contributed by atoms with E-state index in [-0.39, 0.29) is 5.69 Å². The molecule has 0 saturated heterocycles. The summed E-state index contributed by atoms with van der Waals surface area (Å²) < 4.78 is 10.8. The van der Waals surface area contributed by atoms with Gasteiger partial charge >= 0.3 is 5.97 Å². The molecule has 1 aromatic heterocycles. The van der Waals surface area contributed by atoms with Gasteiger partial charge in [-0.05, 0) is 30.7 Å². The first-order valence-electron chi connectivity index (χ1n) is 7.56. The van der Waals surface area contributed by atoms with Gasteiger partial charge in [0, 0.05) is 24.1 Å². The van der Waals surface area contributed by atoms with Gasteiger partial charge in [-0.3, -0.25) is 10.1 Å². The van der Waals surface area contributed by atoms with Gasteiger partial charge in [0.05, 0.1) is 10.5 Å². The van der Waals surface area contributed by atoms with Crippen molar-refractivity contribution in [2.24, 2.45) is 0 Å². The van der Waals surface area contributed by atoms with Crippen molar-refractivity contribution in [3.63, 3.8) is 0 Å². The molecular formula is C18H15NO5. The van der Waals surface area contributed by atoms with Gasteiger partial charge in [0.2, 0.25) is 0 Å². The van der Waals surface area contributed by atoms with Crippen LogP contribution in [0.15, 0.2) is 58.2 Å². The van der Waals surface area contributed by atoms with E-state index in [1.165, 1.54) is 12.1 Å². The predicted molar refractivity (Wildman–Crippen MR) is 87.9 cm³/mol. The van der Waals surface area contributed by atoms with Crippen LogP contribution < -0.4 is 0 Å². The molecule has 2 aromatic rings. The smallest absolute Gasteiger partial charge is 0.343 e. The maximum absolute atomic E-state index is 11.8. The Balaban J connectivity index is 1.86. The summed E-state index contributed by atoms with van der Waals surface area (Å²) in [5, 5.41) is 10.8. The van der Waals surface area contributed by atoms with E-state index in [9.17, 15) is 14.9 Å². The molecule has 0 N–H and O–H groups in total. The summed E-state index contributed by atoms with van der Waals surface area (Å²) >= 11 is 0. The van der Waals surface area contributed by atoms with Crippen LogP contribution in [0.1, 0.15) is 25.5 Å². The number of carbonyl (C=O) groups excluding carboxylic acids is 1. The minimum atomic E-state index is -0.454. The number of nitrogens with zero attached hydrogens (tertiary/aromatic N) is 1. The van der Waals surface area contributed by atoms with Crippen molar-refractivity contribution >= 4 is 17.7 Å². The van der Waals surface area contributed by atoms with Crippen LogP contribution in [0, 0.1) is 10.1 Å². The molecule has 0 unspecified atom stereocenters. The number of benzene rings is 1. The molecular weight excluding hydrogens is 310 g/mol. The molecule has 2 heterocycles. The van der Waals surface area contributed by atoms with Crippen molar-refractivity contribution in [1.82, 2.24) is 0 Å². The molecule has 1 aliphatic rings. The second kappa shape index (κ2) is 6.54. The van der Waals surface area contributed by atoms with Crippen molar-refractivity contribution in [2.45, 2.75) is 19.8 Å². The van der Waals surface area contributed by atoms with Crippen LogP contribution in [0.4, 0.5) is 5.69 Å². The molecule has 6 nitrogen and oxygen atoms in total. The number of cyclic esters (lactones) is 1. The van der Waals surface area contributed by atoms with E-state index in [4.69, 9.17) is 9.15 Å². The average molecular weight is 325 g/mol. The van der Waals surface area contributed by atoms with Gasteiger partial charge in [-0.25, -0.2) is 4.79 Å². The number of esters is 1. The second-order valence-corrected chi connectivity index (χ2v) is 5.36. The number of ether oxygens (including phenoxy) is 1. The molecule has 1 aliphatic heterocycles. The van der Waals surface area contributed by atoms with Crippen LogP contribution in [-0.4, -0.2) is 10.9 Å². The lowest BCUT2D eigenvalue weighted by atomic mass is 10.1. The largest absolute Gasteiger partial charge is 0.457 e. The van der Waals surface area contributed by atoms with E-state index in [1.807, 2.05) is 6.92 Å². The van der Waals surface area contributed by atoms with Gasteiger partial charge in [-0.15, -0.1) is 0 Å². The summed E-state index contributed by atoms with van der Waals surface area (Å²) in [5.41, 5.74) is 1.03. The lowest BCUT2D eigenvalue weighted by Crippen LogP contribution is -1.96. The summed E-state index contributed by atoms with van der Waals surface area (Å²) in [5.74, 6) is 1.23. The van der Waals surface area contributed by atoms with E-state index in [1.54, 1.807) is 36.4 Å². The summed E-state index contributed by atoms with van der Waals surface area (Å²) in [4.78, 5) is 22.2. The number of furan rings is 1. The number of hydrogen-bond acceptors (Lipinski definition) is 5. The van der Waals surface area contributed by atoms with Crippen LogP contribution in [0.3, 0.4) is 0 Å². The quantitative estimate of drug-likeness (QED) is 0.350. The van der Waals surface area contributed by atoms with E-state index in [0.717, 1.165) is 6.42 Å². The van der Waals surface area contributed by atoms with Gasteiger partial charge in [0.1, 0.15) is 17.3 Å². The van der Waals surface area contributed by atoms with Gasteiger partial charge in [-0.2, -0.15) is 0 Å². The predicted octanol–water partition coefficient (Wildman–Crippen LogP) is 4.48. The van der Waals surface area contributed by atoms with E-state index in [2.05, 4.69) is 0 Å². The van der Waals surface area contributed by atoms with Gasteiger partial charge < -0.3 is 9.15 Å². The number of nitro groups is 1. The lowest BCUT2D eigenvalue weighted by molar-refractivity contribution is -0.384. The summed E-state index contributed by atoms with van der Waals surface area (Å²) in [6, 6.07) is 9.61. The Bertz CT molecular complexity index is 860. The second-order valence-electron chi connectivity index (χ2n) is 5.36. The SMILES string of the molecule is CCCC1=C/C(=C/c2ccc(-c3cccc([N+](=O)[O-])c3)o2)C(=O)O1. The van der Waals surface area contributed by atoms with Crippen molar-refractivity contribution in [2.75, 3.05) is 0 Å². The molecule has 0 atom stereocenters. The minimum Gasteiger partial charge on any atom is -0.457 e. The van der Waals surface area contributed by atoms with Crippen LogP contribution >= 0.6 is 0 Å². The standard InChI is InChI=1S/C18H15NO5/c1-2-4-15-10-13(18(20)24-15)11-16-7-8-17(23-16)12-5-3-6-14(9-12)19(21)22/h3,5-11H,2,4H2,1H3/b13-11-. The Labute approximate surface area is 138 Å². The van der Waals surface area contributed by atoms with Crippen molar-refractivity contribution in [3.05, 3.63) is 69.7 Å². The Morgan fingerprint density at radius 2 is 2.08 bits per heavy atom. The first kappa shape index (κ1) is 15.7. The molecule has 24 heavy (non-hydrogen) atoms. The molecule has 6 heteroatoms. The number of hydrogen-bond donors (Lipinski definition) is 0. The third-order valence-corrected chi connectivity index (χ3v) is 3.54. The van der Waals surface area contributed by atoms with E-state index in [0.29, 0.717) is 34.8 Å². The normalized spacial score (nSPS) is 15.5. The van der Waals surface area contributed by atoms with Crippen LogP contribution in [0.25, 0.3) is 17.4 Å². The van der Waals surface area contributed by atoms with E-state index >= 15 is 0 Å². The number of allylic oxidation sites excluding steroid dienone is 1. The van der Waals surface area contributed by atoms with Gasteiger partial charge in [0.15, 0.2) is 0 Å². The third kappa shape index (κ3) is 3.27. The fourth-order valence-corrected chi connectivity index (χ4v) is 2.42. The Morgan fingerprint density at radius 1 is 1.25 bits per heavy atom. The third-order valence-electron chi connectivity index (χ3n) is 3.54. The Kier molecular flexibility index (Phi) is 4.29. The highest BCUT2D eigenvalue weighted by molar-refractivity contribution is 5.99. The van der Waals surface area contributed by atoms with Crippen LogP contribution in [-0.2, 0) is 9.53 Å². The highest BCUT2D eigenvalue weighted by Gasteiger charge is 2.20. The molecule has 0 aliphatic carbocycles. The molecule has 1 aromatic carbocycles. The first-order valence-corrected chi connectivity index (χ1v) is 7.56. The molecule has 0 radical (unpaired) electrons. The average Bonchev–Trinajstić information content (AvgIpc) is 3.16. The number of nitro benzene ring substituents is 1. The minimum absolute atomic E-state index is 0.00434. The van der Waals surface area contributed by atoms with Gasteiger partial charge in [0.25, 0.3) is 5.69 Å². The van der Waals surface area contributed by atoms with Crippen LogP contribution in [0.5, 0.6) is 0 Å². The zero-order valence-corrected chi connectivity index (χ0v) is 13.0. The molecule has 0 fully saturated rings. The Morgan fingerprint density at radius 3 is 2.83 bits per heavy atom. The number of carbonyl (C=O) groups is 1. The molecule has 0 bridgehead atoms. The fraction of sp³-hybridized carbons (Fsp3) is 0.167. The summed E-state index contributed by atoms with van der Waals surface area (Å²) in [6.07, 6.45) is 4.91. The highest BCUT2D eigenvalue weighted by atomic mass is 16.6. The number of rotatable bonds is 5. The van der Waals surface area contributed by atoms with E-state index < -0.39 is 10.9 Å². The number of non-ortho nitro benzene ring substituents is 1. The molecule has 0 spiro atoms. The zero-order chi connectivity index (χ0) is 17.1. The van der Waals surface area contributed by atoms with Crippen molar-refractivity contribution in [1.29, 1.82) is 0 Å². The van der Waals surface area contributed by atoms with Crippen molar-refractivity contribution in [3.8, 4) is 11.3 Å². The first-order chi connectivity index (χ1) is 11.6. The van der Waals surface area contributed by atoms with Crippen molar-refractivity contribution < 1.29 is 18.9 Å². The fourth-order valence-electron chi connectivity index (χ4n) is 2.42. The zero-order valence-electron chi connectivity index (χ0n) is 13.0. The molecule has 122 valence electrons. The molecule has 0 amide bonds. The maximum atomic E-state index is 11.8. The molecule has 0 saturated carbocycles. The highest BCUT2D eigenvalue weighted by Crippen LogP contribution is 2.28. The van der Waals surface area contributed by atoms with Gasteiger partial charge in [-0.1, -0.05) is 19.1 Å².